The van der Waals surface area contributed by atoms with Gasteiger partial charge in [-0.1, -0.05) is 11.6 Å². The molecule has 0 aliphatic rings. The van der Waals surface area contributed by atoms with Gasteiger partial charge in [0.25, 0.3) is 5.91 Å². The molecule has 0 radical (unpaired) electrons. The zero-order valence-electron chi connectivity index (χ0n) is 11.9. The zero-order chi connectivity index (χ0) is 15.9. The standard InChI is InChI=1S/C15H15ClN2O3S/c1-10(15(20)18-13-4-3-12(16)8-17-13)21-14(19)5-2-11-6-7-22-9-11/h3-4,6-10H,2,5H2,1H3,(H,17,18,20)/t10-/m0/s1. The van der Waals surface area contributed by atoms with Gasteiger partial charge in [-0.05, 0) is 47.9 Å². The predicted molar refractivity (Wildman–Crippen MR) is 86.1 cm³/mol. The molecule has 0 saturated carbocycles. The average Bonchev–Trinajstić information content (AvgIpc) is 3.01. The molecule has 2 aromatic rings. The molecule has 0 aromatic carbocycles. The number of hydrogen-bond acceptors (Lipinski definition) is 5. The van der Waals surface area contributed by atoms with Crippen molar-refractivity contribution in [3.8, 4) is 0 Å². The maximum Gasteiger partial charge on any atom is 0.306 e. The van der Waals surface area contributed by atoms with Crippen molar-refractivity contribution in [2.45, 2.75) is 25.9 Å². The first-order chi connectivity index (χ1) is 10.5. The lowest BCUT2D eigenvalue weighted by Gasteiger charge is -2.13. The Kier molecular flexibility index (Phi) is 5.91. The Morgan fingerprint density at radius 1 is 1.41 bits per heavy atom. The molecule has 22 heavy (non-hydrogen) atoms. The monoisotopic (exact) mass is 338 g/mol. The van der Waals surface area contributed by atoms with Gasteiger partial charge in [-0.2, -0.15) is 11.3 Å². The molecule has 1 amide bonds. The van der Waals surface area contributed by atoms with E-state index in [9.17, 15) is 9.59 Å². The van der Waals surface area contributed by atoms with Crippen LogP contribution in [0.25, 0.3) is 0 Å². The van der Waals surface area contributed by atoms with E-state index >= 15 is 0 Å². The van der Waals surface area contributed by atoms with E-state index in [-0.39, 0.29) is 6.42 Å². The normalized spacial score (nSPS) is 11.7. The van der Waals surface area contributed by atoms with Crippen molar-refractivity contribution in [1.82, 2.24) is 4.98 Å². The van der Waals surface area contributed by atoms with Crippen LogP contribution in [0.2, 0.25) is 5.02 Å². The predicted octanol–water partition coefficient (Wildman–Crippen LogP) is 3.30. The number of nitrogens with one attached hydrogen (secondary N) is 1. The molecule has 0 unspecified atom stereocenters. The van der Waals surface area contributed by atoms with E-state index in [4.69, 9.17) is 16.3 Å². The van der Waals surface area contributed by atoms with Crippen molar-refractivity contribution in [3.05, 3.63) is 45.7 Å². The molecule has 2 rings (SSSR count). The van der Waals surface area contributed by atoms with Crippen LogP contribution < -0.4 is 5.32 Å². The maximum atomic E-state index is 11.9. The highest BCUT2D eigenvalue weighted by Crippen LogP contribution is 2.11. The molecule has 0 saturated heterocycles. The SMILES string of the molecule is C[C@H](OC(=O)CCc1ccsc1)C(=O)Nc1ccc(Cl)cn1. The van der Waals surface area contributed by atoms with E-state index in [1.54, 1.807) is 23.5 Å². The number of pyridine rings is 1. The molecule has 1 N–H and O–H groups in total. The van der Waals surface area contributed by atoms with Crippen LogP contribution in [-0.4, -0.2) is 23.0 Å². The lowest BCUT2D eigenvalue weighted by atomic mass is 10.2. The molecule has 0 fully saturated rings. The van der Waals surface area contributed by atoms with Crippen LogP contribution in [0, 0.1) is 0 Å². The molecule has 0 spiro atoms. The number of nitrogens with zero attached hydrogens (tertiary/aromatic N) is 1. The highest BCUT2D eigenvalue weighted by atomic mass is 35.5. The molecule has 0 aliphatic heterocycles. The van der Waals surface area contributed by atoms with Crippen LogP contribution in [-0.2, 0) is 20.7 Å². The second-order valence-electron chi connectivity index (χ2n) is 4.61. The van der Waals surface area contributed by atoms with Crippen LogP contribution in [0.3, 0.4) is 0 Å². The van der Waals surface area contributed by atoms with Crippen LogP contribution in [0.1, 0.15) is 18.9 Å². The van der Waals surface area contributed by atoms with Crippen LogP contribution in [0.4, 0.5) is 5.82 Å². The quantitative estimate of drug-likeness (QED) is 0.820. The minimum absolute atomic E-state index is 0.244. The van der Waals surface area contributed by atoms with E-state index in [0.717, 1.165) is 5.56 Å². The van der Waals surface area contributed by atoms with Crippen molar-refractivity contribution >= 4 is 40.6 Å². The number of aryl methyl sites for hydroxylation is 1. The third-order valence-electron chi connectivity index (χ3n) is 2.85. The van der Waals surface area contributed by atoms with Crippen molar-refractivity contribution in [3.63, 3.8) is 0 Å². The lowest BCUT2D eigenvalue weighted by molar-refractivity contribution is -0.153. The zero-order valence-corrected chi connectivity index (χ0v) is 13.5. The summed E-state index contributed by atoms with van der Waals surface area (Å²) in [4.78, 5) is 27.6. The molecule has 5 nitrogen and oxygen atoms in total. The first-order valence-electron chi connectivity index (χ1n) is 6.67. The van der Waals surface area contributed by atoms with Gasteiger partial charge in [-0.3, -0.25) is 9.59 Å². The Bertz CT molecular complexity index is 629. The number of amides is 1. The van der Waals surface area contributed by atoms with Gasteiger partial charge in [0.2, 0.25) is 0 Å². The third-order valence-corrected chi connectivity index (χ3v) is 3.81. The summed E-state index contributed by atoms with van der Waals surface area (Å²) in [7, 11) is 0. The summed E-state index contributed by atoms with van der Waals surface area (Å²) in [6, 6.07) is 5.15. The molecule has 1 atom stereocenters. The first-order valence-corrected chi connectivity index (χ1v) is 7.99. The number of rotatable bonds is 6. The van der Waals surface area contributed by atoms with E-state index in [0.29, 0.717) is 17.3 Å². The molecular weight excluding hydrogens is 324 g/mol. The Balaban J connectivity index is 1.77. The summed E-state index contributed by atoms with van der Waals surface area (Å²) in [5.74, 6) is -0.479. The number of carbonyl (C=O) groups is 2. The van der Waals surface area contributed by atoms with Crippen molar-refractivity contribution in [1.29, 1.82) is 0 Å². The number of anilines is 1. The number of ether oxygens (including phenoxy) is 1. The second-order valence-corrected chi connectivity index (χ2v) is 5.83. The fraction of sp³-hybridized carbons (Fsp3) is 0.267. The van der Waals surface area contributed by atoms with Gasteiger partial charge in [0.15, 0.2) is 6.10 Å². The molecule has 2 aromatic heterocycles. The van der Waals surface area contributed by atoms with Gasteiger partial charge in [0.05, 0.1) is 5.02 Å². The Morgan fingerprint density at radius 2 is 2.23 bits per heavy atom. The minimum atomic E-state index is -0.882. The summed E-state index contributed by atoms with van der Waals surface area (Å²) in [5, 5.41) is 6.97. The van der Waals surface area contributed by atoms with E-state index in [1.807, 2.05) is 16.8 Å². The number of aromatic nitrogens is 1. The van der Waals surface area contributed by atoms with E-state index in [2.05, 4.69) is 10.3 Å². The highest BCUT2D eigenvalue weighted by Gasteiger charge is 2.18. The summed E-state index contributed by atoms with van der Waals surface area (Å²) < 4.78 is 5.10. The Labute approximate surface area is 137 Å². The molecule has 0 aliphatic carbocycles. The molecular formula is C15H15ClN2O3S. The molecule has 7 heteroatoms. The number of thiophene rings is 1. The van der Waals surface area contributed by atoms with Crippen molar-refractivity contribution in [2.75, 3.05) is 5.32 Å². The van der Waals surface area contributed by atoms with Crippen LogP contribution >= 0.6 is 22.9 Å². The minimum Gasteiger partial charge on any atom is -0.453 e. The third kappa shape index (κ3) is 5.13. The fourth-order valence-electron chi connectivity index (χ4n) is 1.67. The maximum absolute atomic E-state index is 11.9. The summed E-state index contributed by atoms with van der Waals surface area (Å²) in [6.45, 7) is 1.52. The fourth-order valence-corrected chi connectivity index (χ4v) is 2.48. The molecule has 0 bridgehead atoms. The first kappa shape index (κ1) is 16.5. The molecule has 116 valence electrons. The van der Waals surface area contributed by atoms with Gasteiger partial charge in [0.1, 0.15) is 5.82 Å². The van der Waals surface area contributed by atoms with Crippen LogP contribution in [0.15, 0.2) is 35.2 Å². The van der Waals surface area contributed by atoms with Crippen molar-refractivity contribution in [2.24, 2.45) is 0 Å². The van der Waals surface area contributed by atoms with Crippen molar-refractivity contribution < 1.29 is 14.3 Å². The Morgan fingerprint density at radius 3 is 2.86 bits per heavy atom. The van der Waals surface area contributed by atoms with Crippen LogP contribution in [0.5, 0.6) is 0 Å². The van der Waals surface area contributed by atoms with Gasteiger partial charge in [-0.15, -0.1) is 0 Å². The summed E-state index contributed by atoms with van der Waals surface area (Å²) >= 11 is 7.29. The Hall–Kier alpha value is -1.92. The van der Waals surface area contributed by atoms with Gasteiger partial charge in [0, 0.05) is 12.6 Å². The lowest BCUT2D eigenvalue weighted by Crippen LogP contribution is -2.30. The van der Waals surface area contributed by atoms with Gasteiger partial charge >= 0.3 is 5.97 Å². The smallest absolute Gasteiger partial charge is 0.306 e. The number of esters is 1. The summed E-state index contributed by atoms with van der Waals surface area (Å²) in [5.41, 5.74) is 1.09. The van der Waals surface area contributed by atoms with E-state index < -0.39 is 18.0 Å². The van der Waals surface area contributed by atoms with Gasteiger partial charge < -0.3 is 10.1 Å². The molecule has 2 heterocycles. The largest absolute Gasteiger partial charge is 0.453 e. The van der Waals surface area contributed by atoms with E-state index in [1.165, 1.54) is 13.1 Å². The number of hydrogen-bond donors (Lipinski definition) is 1. The summed E-state index contributed by atoms with van der Waals surface area (Å²) in [6.07, 6.45) is 1.39. The second kappa shape index (κ2) is 7.91. The van der Waals surface area contributed by atoms with Gasteiger partial charge in [-0.25, -0.2) is 4.98 Å². The number of halogens is 1. The highest BCUT2D eigenvalue weighted by molar-refractivity contribution is 7.07. The number of carbonyl (C=O) groups excluding carboxylic acids is 2. The average molecular weight is 339 g/mol. The topological polar surface area (TPSA) is 68.3 Å².